The number of amides is 1. The van der Waals surface area contributed by atoms with Crippen LogP contribution >= 0.6 is 23.2 Å². The van der Waals surface area contributed by atoms with Gasteiger partial charge >= 0.3 is 0 Å². The Morgan fingerprint density at radius 3 is 2.53 bits per heavy atom. The van der Waals surface area contributed by atoms with E-state index < -0.39 is 5.54 Å². The van der Waals surface area contributed by atoms with Crippen LogP contribution in [0.25, 0.3) is 0 Å². The van der Waals surface area contributed by atoms with Gasteiger partial charge in [-0.05, 0) is 32.0 Å². The van der Waals surface area contributed by atoms with Gasteiger partial charge in [0.25, 0.3) is 5.91 Å². The number of aromatic hydroxyl groups is 1. The number of benzene rings is 1. The van der Waals surface area contributed by atoms with Crippen molar-refractivity contribution in [1.29, 1.82) is 0 Å². The van der Waals surface area contributed by atoms with Gasteiger partial charge in [-0.25, -0.2) is 0 Å². The van der Waals surface area contributed by atoms with Gasteiger partial charge < -0.3 is 10.0 Å². The average molecular weight is 276 g/mol. The van der Waals surface area contributed by atoms with Crippen LogP contribution in [-0.4, -0.2) is 34.4 Å². The number of carbonyl (C=O) groups excluding carboxylic acids is 1. The summed E-state index contributed by atoms with van der Waals surface area (Å²) in [5, 5.41) is 9.45. The maximum atomic E-state index is 12.1. The van der Waals surface area contributed by atoms with E-state index in [1.54, 1.807) is 11.9 Å². The standard InChI is InChI=1S/C12H15Cl2NO2/c1-12(2,7-13)15(3)11(17)8-4-5-10(16)9(14)6-8/h4-6,16H,7H2,1-3H3. The first-order valence-corrected chi connectivity index (χ1v) is 6.03. The topological polar surface area (TPSA) is 40.5 Å². The summed E-state index contributed by atoms with van der Waals surface area (Å²) in [7, 11) is 1.69. The summed E-state index contributed by atoms with van der Waals surface area (Å²) >= 11 is 11.6. The third-order valence-corrected chi connectivity index (χ3v) is 3.69. The van der Waals surface area contributed by atoms with Crippen LogP contribution < -0.4 is 0 Å². The van der Waals surface area contributed by atoms with Gasteiger partial charge in [-0.3, -0.25) is 4.79 Å². The van der Waals surface area contributed by atoms with E-state index in [4.69, 9.17) is 23.2 Å². The predicted octanol–water partition coefficient (Wildman–Crippen LogP) is 3.14. The van der Waals surface area contributed by atoms with E-state index in [2.05, 4.69) is 0 Å². The molecule has 0 aromatic heterocycles. The summed E-state index contributed by atoms with van der Waals surface area (Å²) in [5.41, 5.74) is -0.0169. The van der Waals surface area contributed by atoms with Gasteiger partial charge in [-0.15, -0.1) is 11.6 Å². The Kier molecular flexibility index (Phi) is 4.28. The minimum atomic E-state index is -0.441. The van der Waals surface area contributed by atoms with Crippen molar-refractivity contribution < 1.29 is 9.90 Å². The number of hydrogen-bond donors (Lipinski definition) is 1. The Bertz CT molecular complexity index is 433. The minimum Gasteiger partial charge on any atom is -0.506 e. The van der Waals surface area contributed by atoms with E-state index in [0.29, 0.717) is 11.4 Å². The molecule has 0 aliphatic rings. The van der Waals surface area contributed by atoms with Crippen molar-refractivity contribution in [3.05, 3.63) is 28.8 Å². The third-order valence-electron chi connectivity index (χ3n) is 2.73. The smallest absolute Gasteiger partial charge is 0.254 e. The Balaban J connectivity index is 3.01. The lowest BCUT2D eigenvalue weighted by Crippen LogP contribution is -2.46. The zero-order valence-electron chi connectivity index (χ0n) is 10.00. The zero-order chi connectivity index (χ0) is 13.2. The van der Waals surface area contributed by atoms with E-state index >= 15 is 0 Å². The second-order valence-electron chi connectivity index (χ2n) is 4.48. The monoisotopic (exact) mass is 275 g/mol. The average Bonchev–Trinajstić information content (AvgIpc) is 2.30. The van der Waals surface area contributed by atoms with Gasteiger partial charge in [-0.2, -0.15) is 0 Å². The molecule has 0 radical (unpaired) electrons. The molecule has 0 atom stereocenters. The first kappa shape index (κ1) is 14.1. The van der Waals surface area contributed by atoms with Gasteiger partial charge in [0, 0.05) is 18.5 Å². The molecule has 3 nitrogen and oxygen atoms in total. The molecule has 1 aromatic rings. The van der Waals surface area contributed by atoms with E-state index in [9.17, 15) is 9.90 Å². The molecule has 1 N–H and O–H groups in total. The molecule has 0 bridgehead atoms. The van der Waals surface area contributed by atoms with Crippen LogP contribution in [0.5, 0.6) is 5.75 Å². The Morgan fingerprint density at radius 1 is 1.47 bits per heavy atom. The quantitative estimate of drug-likeness (QED) is 0.861. The number of phenols is 1. The van der Waals surface area contributed by atoms with E-state index in [1.165, 1.54) is 18.2 Å². The van der Waals surface area contributed by atoms with Crippen LogP contribution in [-0.2, 0) is 0 Å². The van der Waals surface area contributed by atoms with Crippen LogP contribution in [0, 0.1) is 0 Å². The van der Waals surface area contributed by atoms with Crippen LogP contribution in [0.1, 0.15) is 24.2 Å². The number of alkyl halides is 1. The molecular weight excluding hydrogens is 261 g/mol. The molecule has 1 rings (SSSR count). The SMILES string of the molecule is CN(C(=O)c1ccc(O)c(Cl)c1)C(C)(C)CCl. The summed E-state index contributed by atoms with van der Waals surface area (Å²) in [4.78, 5) is 13.7. The van der Waals surface area contributed by atoms with Gasteiger partial charge in [0.15, 0.2) is 0 Å². The number of carbonyl (C=O) groups is 1. The van der Waals surface area contributed by atoms with Crippen molar-refractivity contribution in [3.63, 3.8) is 0 Å². The van der Waals surface area contributed by atoms with Crippen LogP contribution in [0.3, 0.4) is 0 Å². The Labute approximate surface area is 111 Å². The third kappa shape index (κ3) is 3.05. The molecule has 17 heavy (non-hydrogen) atoms. The number of rotatable bonds is 3. The molecule has 0 aliphatic heterocycles. The first-order valence-electron chi connectivity index (χ1n) is 5.12. The van der Waals surface area contributed by atoms with Crippen molar-refractivity contribution >= 4 is 29.1 Å². The van der Waals surface area contributed by atoms with Gasteiger partial charge in [0.2, 0.25) is 0 Å². The summed E-state index contributed by atoms with van der Waals surface area (Å²) in [6.07, 6.45) is 0. The largest absolute Gasteiger partial charge is 0.506 e. The summed E-state index contributed by atoms with van der Waals surface area (Å²) < 4.78 is 0. The highest BCUT2D eigenvalue weighted by molar-refractivity contribution is 6.32. The maximum Gasteiger partial charge on any atom is 0.254 e. The lowest BCUT2D eigenvalue weighted by atomic mass is 10.0. The van der Waals surface area contributed by atoms with Crippen molar-refractivity contribution in [1.82, 2.24) is 4.90 Å². The highest BCUT2D eigenvalue weighted by Gasteiger charge is 2.27. The van der Waals surface area contributed by atoms with Crippen molar-refractivity contribution in [2.45, 2.75) is 19.4 Å². The fourth-order valence-corrected chi connectivity index (χ4v) is 1.56. The fourth-order valence-electron chi connectivity index (χ4n) is 1.20. The second kappa shape index (κ2) is 5.15. The minimum absolute atomic E-state index is 0.0394. The van der Waals surface area contributed by atoms with Crippen molar-refractivity contribution in [2.24, 2.45) is 0 Å². The molecule has 0 saturated carbocycles. The molecule has 0 heterocycles. The molecule has 0 aliphatic carbocycles. The van der Waals surface area contributed by atoms with Gasteiger partial charge in [0.05, 0.1) is 10.6 Å². The summed E-state index contributed by atoms with van der Waals surface area (Å²) in [5.74, 6) is 0.112. The molecule has 0 saturated heterocycles. The molecule has 0 unspecified atom stereocenters. The Hall–Kier alpha value is -0.930. The van der Waals surface area contributed by atoms with Gasteiger partial charge in [0.1, 0.15) is 5.75 Å². The van der Waals surface area contributed by atoms with Crippen LogP contribution in [0.4, 0.5) is 0 Å². The lowest BCUT2D eigenvalue weighted by molar-refractivity contribution is 0.0660. The highest BCUT2D eigenvalue weighted by Crippen LogP contribution is 2.25. The Morgan fingerprint density at radius 2 is 2.06 bits per heavy atom. The van der Waals surface area contributed by atoms with E-state index in [0.717, 1.165) is 0 Å². The normalized spacial score (nSPS) is 11.4. The molecule has 94 valence electrons. The fraction of sp³-hybridized carbons (Fsp3) is 0.417. The van der Waals surface area contributed by atoms with Crippen LogP contribution in [0.15, 0.2) is 18.2 Å². The molecular formula is C12H15Cl2NO2. The number of phenolic OH excluding ortho intramolecular Hbond substituents is 1. The summed E-state index contributed by atoms with van der Waals surface area (Å²) in [6, 6.07) is 4.38. The molecule has 0 spiro atoms. The summed E-state index contributed by atoms with van der Waals surface area (Å²) in [6.45, 7) is 3.75. The number of nitrogens with zero attached hydrogens (tertiary/aromatic N) is 1. The van der Waals surface area contributed by atoms with Gasteiger partial charge in [-0.1, -0.05) is 11.6 Å². The molecule has 1 aromatic carbocycles. The molecule has 1 amide bonds. The van der Waals surface area contributed by atoms with E-state index in [1.807, 2.05) is 13.8 Å². The number of hydrogen-bond acceptors (Lipinski definition) is 2. The van der Waals surface area contributed by atoms with E-state index in [-0.39, 0.29) is 16.7 Å². The molecule has 0 fully saturated rings. The molecule has 5 heteroatoms. The second-order valence-corrected chi connectivity index (χ2v) is 5.15. The van der Waals surface area contributed by atoms with Crippen LogP contribution in [0.2, 0.25) is 5.02 Å². The van der Waals surface area contributed by atoms with Crippen molar-refractivity contribution in [3.8, 4) is 5.75 Å². The lowest BCUT2D eigenvalue weighted by Gasteiger charge is -2.34. The number of halogens is 2. The zero-order valence-corrected chi connectivity index (χ0v) is 11.5. The van der Waals surface area contributed by atoms with Crippen molar-refractivity contribution in [2.75, 3.05) is 12.9 Å². The first-order chi connectivity index (χ1) is 7.79. The highest BCUT2D eigenvalue weighted by atomic mass is 35.5. The predicted molar refractivity (Wildman–Crippen MR) is 70.0 cm³/mol. The maximum absolute atomic E-state index is 12.1.